The predicted octanol–water partition coefficient (Wildman–Crippen LogP) is 1.63. The molecule has 0 aromatic heterocycles. The van der Waals surface area contributed by atoms with E-state index in [-0.39, 0.29) is 6.03 Å². The van der Waals surface area contributed by atoms with E-state index in [1.165, 1.54) is 11.1 Å². The standard InChI is InChI=1S/C14H22N2O3/c1-11-8-12(2)10-13(9-11)19-7-5-16-14(17)15-4-6-18-3/h8-10H,4-7H2,1-3H3,(H2,15,16,17). The lowest BCUT2D eigenvalue weighted by atomic mass is 10.1. The summed E-state index contributed by atoms with van der Waals surface area (Å²) in [4.78, 5) is 11.3. The summed E-state index contributed by atoms with van der Waals surface area (Å²) in [7, 11) is 1.59. The molecule has 1 aromatic carbocycles. The van der Waals surface area contributed by atoms with Gasteiger partial charge in [-0.2, -0.15) is 0 Å². The first kappa shape index (κ1) is 15.3. The van der Waals surface area contributed by atoms with Gasteiger partial charge in [0.1, 0.15) is 12.4 Å². The number of urea groups is 1. The summed E-state index contributed by atoms with van der Waals surface area (Å²) in [6.07, 6.45) is 0. The lowest BCUT2D eigenvalue weighted by Crippen LogP contribution is -2.39. The molecule has 0 radical (unpaired) electrons. The molecule has 5 nitrogen and oxygen atoms in total. The average Bonchev–Trinajstić information content (AvgIpc) is 2.34. The molecule has 2 amide bonds. The molecule has 0 fully saturated rings. The van der Waals surface area contributed by atoms with Crippen molar-refractivity contribution < 1.29 is 14.3 Å². The van der Waals surface area contributed by atoms with E-state index in [1.807, 2.05) is 26.0 Å². The van der Waals surface area contributed by atoms with Gasteiger partial charge in [-0.05, 0) is 37.1 Å². The minimum Gasteiger partial charge on any atom is -0.492 e. The predicted molar refractivity (Wildman–Crippen MR) is 74.7 cm³/mol. The number of benzene rings is 1. The van der Waals surface area contributed by atoms with Gasteiger partial charge >= 0.3 is 6.03 Å². The van der Waals surface area contributed by atoms with Gasteiger partial charge in [-0.25, -0.2) is 4.79 Å². The van der Waals surface area contributed by atoms with Crippen LogP contribution in [0.4, 0.5) is 4.79 Å². The van der Waals surface area contributed by atoms with Gasteiger partial charge in [0.25, 0.3) is 0 Å². The van der Waals surface area contributed by atoms with Crippen molar-refractivity contribution in [1.82, 2.24) is 10.6 Å². The van der Waals surface area contributed by atoms with Crippen molar-refractivity contribution >= 4 is 6.03 Å². The highest BCUT2D eigenvalue weighted by Crippen LogP contribution is 2.15. The molecular formula is C14H22N2O3. The molecule has 0 bridgehead atoms. The van der Waals surface area contributed by atoms with Crippen LogP contribution < -0.4 is 15.4 Å². The zero-order valence-corrected chi connectivity index (χ0v) is 11.8. The van der Waals surface area contributed by atoms with E-state index in [9.17, 15) is 4.79 Å². The van der Waals surface area contributed by atoms with Gasteiger partial charge in [0.05, 0.1) is 13.2 Å². The summed E-state index contributed by atoms with van der Waals surface area (Å²) in [5.41, 5.74) is 2.33. The molecule has 0 atom stereocenters. The average molecular weight is 266 g/mol. The molecule has 2 N–H and O–H groups in total. The van der Waals surface area contributed by atoms with Gasteiger partial charge in [-0.3, -0.25) is 0 Å². The summed E-state index contributed by atoms with van der Waals surface area (Å²) >= 11 is 0. The Hall–Kier alpha value is -1.75. The Balaban J connectivity index is 2.18. The quantitative estimate of drug-likeness (QED) is 0.737. The summed E-state index contributed by atoms with van der Waals surface area (Å²) in [5.74, 6) is 0.832. The number of hydrogen-bond donors (Lipinski definition) is 2. The Morgan fingerprint density at radius 3 is 2.21 bits per heavy atom. The number of hydrogen-bond acceptors (Lipinski definition) is 3. The molecular weight excluding hydrogens is 244 g/mol. The van der Waals surface area contributed by atoms with Crippen LogP contribution in [0.5, 0.6) is 5.75 Å². The van der Waals surface area contributed by atoms with E-state index in [2.05, 4.69) is 16.7 Å². The van der Waals surface area contributed by atoms with Gasteiger partial charge < -0.3 is 20.1 Å². The van der Waals surface area contributed by atoms with Crippen molar-refractivity contribution in [2.75, 3.05) is 33.4 Å². The van der Waals surface area contributed by atoms with Gasteiger partial charge in [0, 0.05) is 13.7 Å². The number of carbonyl (C=O) groups is 1. The fourth-order valence-electron chi connectivity index (χ4n) is 1.68. The fraction of sp³-hybridized carbons (Fsp3) is 0.500. The highest BCUT2D eigenvalue weighted by Gasteiger charge is 2.00. The highest BCUT2D eigenvalue weighted by atomic mass is 16.5. The number of methoxy groups -OCH3 is 1. The van der Waals surface area contributed by atoms with Crippen LogP contribution >= 0.6 is 0 Å². The molecule has 106 valence electrons. The SMILES string of the molecule is COCCNC(=O)NCCOc1cc(C)cc(C)c1. The van der Waals surface area contributed by atoms with E-state index in [1.54, 1.807) is 7.11 Å². The second-order valence-corrected chi connectivity index (χ2v) is 4.35. The van der Waals surface area contributed by atoms with Crippen LogP contribution in [0.3, 0.4) is 0 Å². The highest BCUT2D eigenvalue weighted by molar-refractivity contribution is 5.73. The first-order chi connectivity index (χ1) is 9.11. The molecule has 5 heteroatoms. The zero-order valence-electron chi connectivity index (χ0n) is 11.8. The van der Waals surface area contributed by atoms with Crippen LogP contribution in [0, 0.1) is 13.8 Å². The Labute approximate surface area is 114 Å². The molecule has 19 heavy (non-hydrogen) atoms. The van der Waals surface area contributed by atoms with E-state index in [0.29, 0.717) is 26.3 Å². The molecule has 0 saturated carbocycles. The number of amides is 2. The molecule has 1 aromatic rings. The molecule has 0 aliphatic carbocycles. The van der Waals surface area contributed by atoms with Crippen molar-refractivity contribution in [2.45, 2.75) is 13.8 Å². The lowest BCUT2D eigenvalue weighted by Gasteiger charge is -2.10. The Bertz CT molecular complexity index is 387. The van der Waals surface area contributed by atoms with Crippen LogP contribution in [-0.2, 0) is 4.74 Å². The smallest absolute Gasteiger partial charge is 0.314 e. The van der Waals surface area contributed by atoms with E-state index in [0.717, 1.165) is 5.75 Å². The van der Waals surface area contributed by atoms with Gasteiger partial charge in [0.2, 0.25) is 0 Å². The second-order valence-electron chi connectivity index (χ2n) is 4.35. The summed E-state index contributed by atoms with van der Waals surface area (Å²) in [6, 6.07) is 5.84. The summed E-state index contributed by atoms with van der Waals surface area (Å²) in [6.45, 7) is 5.97. The third kappa shape index (κ3) is 6.67. The maximum atomic E-state index is 11.3. The topological polar surface area (TPSA) is 59.6 Å². The van der Waals surface area contributed by atoms with Crippen LogP contribution in [0.15, 0.2) is 18.2 Å². The third-order valence-corrected chi connectivity index (χ3v) is 2.44. The van der Waals surface area contributed by atoms with E-state index in [4.69, 9.17) is 9.47 Å². The first-order valence-electron chi connectivity index (χ1n) is 6.33. The summed E-state index contributed by atoms with van der Waals surface area (Å²) < 4.78 is 10.4. The number of nitrogens with one attached hydrogen (secondary N) is 2. The molecule has 0 spiro atoms. The molecule has 0 heterocycles. The fourth-order valence-corrected chi connectivity index (χ4v) is 1.68. The number of ether oxygens (including phenoxy) is 2. The second kappa shape index (κ2) is 8.37. The Morgan fingerprint density at radius 2 is 1.63 bits per heavy atom. The third-order valence-electron chi connectivity index (χ3n) is 2.44. The van der Waals surface area contributed by atoms with Crippen molar-refractivity contribution in [1.29, 1.82) is 0 Å². The molecule has 0 aliphatic rings. The maximum absolute atomic E-state index is 11.3. The van der Waals surface area contributed by atoms with Crippen molar-refractivity contribution in [3.63, 3.8) is 0 Å². The van der Waals surface area contributed by atoms with Crippen LogP contribution in [-0.4, -0.2) is 39.4 Å². The van der Waals surface area contributed by atoms with E-state index < -0.39 is 0 Å². The van der Waals surface area contributed by atoms with Gasteiger partial charge in [-0.1, -0.05) is 6.07 Å². The monoisotopic (exact) mass is 266 g/mol. The first-order valence-corrected chi connectivity index (χ1v) is 6.33. The normalized spacial score (nSPS) is 10.1. The number of carbonyl (C=O) groups excluding carboxylic acids is 1. The number of aryl methyl sites for hydroxylation is 2. The minimum absolute atomic E-state index is 0.207. The largest absolute Gasteiger partial charge is 0.492 e. The van der Waals surface area contributed by atoms with Crippen LogP contribution in [0.2, 0.25) is 0 Å². The number of rotatable bonds is 7. The van der Waals surface area contributed by atoms with Crippen LogP contribution in [0.25, 0.3) is 0 Å². The van der Waals surface area contributed by atoms with Gasteiger partial charge in [0.15, 0.2) is 0 Å². The lowest BCUT2D eigenvalue weighted by molar-refractivity contribution is 0.195. The maximum Gasteiger partial charge on any atom is 0.314 e. The van der Waals surface area contributed by atoms with Crippen molar-refractivity contribution in [2.24, 2.45) is 0 Å². The Kier molecular flexibility index (Phi) is 6.74. The zero-order chi connectivity index (χ0) is 14.1. The molecule has 0 saturated heterocycles. The van der Waals surface area contributed by atoms with Gasteiger partial charge in [-0.15, -0.1) is 0 Å². The molecule has 1 rings (SSSR count). The van der Waals surface area contributed by atoms with Crippen LogP contribution in [0.1, 0.15) is 11.1 Å². The summed E-state index contributed by atoms with van der Waals surface area (Å²) in [5, 5.41) is 5.38. The minimum atomic E-state index is -0.207. The van der Waals surface area contributed by atoms with E-state index >= 15 is 0 Å². The Morgan fingerprint density at radius 1 is 1.05 bits per heavy atom. The molecule has 0 aliphatic heterocycles. The molecule has 0 unspecified atom stereocenters. The van der Waals surface area contributed by atoms with Crippen molar-refractivity contribution in [3.05, 3.63) is 29.3 Å². The van der Waals surface area contributed by atoms with Crippen molar-refractivity contribution in [3.8, 4) is 5.75 Å².